The molecule has 0 aromatic heterocycles. The van der Waals surface area contributed by atoms with Crippen LogP contribution in [0.15, 0.2) is 54.6 Å². The van der Waals surface area contributed by atoms with Crippen LogP contribution in [-0.4, -0.2) is 53.2 Å². The van der Waals surface area contributed by atoms with Gasteiger partial charge in [-0.1, -0.05) is 82.1 Å². The molecule has 0 unspecified atom stereocenters. The summed E-state index contributed by atoms with van der Waals surface area (Å²) in [4.78, 5) is 55.6. The van der Waals surface area contributed by atoms with E-state index in [0.717, 1.165) is 31.2 Å². The third-order valence-corrected chi connectivity index (χ3v) is 9.23. The van der Waals surface area contributed by atoms with Gasteiger partial charge in [0.1, 0.15) is 18.1 Å². The molecule has 1 spiro atoms. The quantitative estimate of drug-likeness (QED) is 0.302. The van der Waals surface area contributed by atoms with Crippen LogP contribution in [-0.2, 0) is 31.0 Å². The van der Waals surface area contributed by atoms with E-state index in [9.17, 15) is 24.4 Å². The number of fused-ring (bicyclic) bond motifs is 2. The third kappa shape index (κ3) is 7.73. The maximum Gasteiger partial charge on any atom is 0.246 e. The van der Waals surface area contributed by atoms with E-state index in [2.05, 4.69) is 34.2 Å². The van der Waals surface area contributed by atoms with Gasteiger partial charge >= 0.3 is 0 Å². The molecule has 9 nitrogen and oxygen atoms in total. The van der Waals surface area contributed by atoms with E-state index >= 15 is 0 Å². The van der Waals surface area contributed by atoms with E-state index in [-0.39, 0.29) is 42.0 Å². The van der Waals surface area contributed by atoms with Gasteiger partial charge in [-0.3, -0.25) is 19.2 Å². The highest BCUT2D eigenvalue weighted by molar-refractivity contribution is 6.07. The molecule has 3 N–H and O–H groups in total. The first-order chi connectivity index (χ1) is 21.5. The number of carbonyl (C=O) groups is 4. The number of rotatable bonds is 12. The van der Waals surface area contributed by atoms with Crippen molar-refractivity contribution < 1.29 is 19.2 Å². The van der Waals surface area contributed by atoms with Gasteiger partial charge in [0, 0.05) is 25.1 Å². The topological polar surface area (TPSA) is 131 Å². The van der Waals surface area contributed by atoms with Gasteiger partial charge < -0.3 is 20.9 Å². The molecule has 2 aromatic rings. The number of unbranched alkanes of at least 4 members (excludes halogenated alkanes) is 1. The first-order valence-corrected chi connectivity index (χ1v) is 16.2. The van der Waals surface area contributed by atoms with Crippen molar-refractivity contribution in [2.75, 3.05) is 11.9 Å². The number of amides is 4. The zero-order valence-electron chi connectivity index (χ0n) is 26.6. The van der Waals surface area contributed by atoms with Crippen molar-refractivity contribution in [1.29, 1.82) is 5.26 Å². The van der Waals surface area contributed by atoms with Crippen molar-refractivity contribution in [2.24, 2.45) is 11.3 Å². The molecule has 2 fully saturated rings. The molecular formula is C36H45N5O4. The van der Waals surface area contributed by atoms with Crippen molar-refractivity contribution in [2.45, 2.75) is 102 Å². The minimum absolute atomic E-state index is 0.0641. The number of hydrogen-bond acceptors (Lipinski definition) is 5. The molecule has 9 heteroatoms. The molecule has 2 aliphatic heterocycles. The van der Waals surface area contributed by atoms with E-state index < -0.39 is 23.5 Å². The molecule has 0 bridgehead atoms. The van der Waals surface area contributed by atoms with Crippen molar-refractivity contribution >= 4 is 29.3 Å². The smallest absolute Gasteiger partial charge is 0.246 e. The average Bonchev–Trinajstić information content (AvgIpc) is 3.67. The summed E-state index contributed by atoms with van der Waals surface area (Å²) in [6.45, 7) is 6.04. The number of nitrogens with zero attached hydrogens (tertiary/aromatic N) is 2. The first-order valence-electron chi connectivity index (χ1n) is 16.2. The maximum atomic E-state index is 14.2. The number of anilines is 1. The van der Waals surface area contributed by atoms with Crippen molar-refractivity contribution in [3.05, 3.63) is 65.7 Å². The van der Waals surface area contributed by atoms with E-state index in [4.69, 9.17) is 0 Å². The minimum atomic E-state index is -1.01. The lowest BCUT2D eigenvalue weighted by Crippen LogP contribution is -2.56. The second-order valence-electron chi connectivity index (χ2n) is 14.2. The van der Waals surface area contributed by atoms with Crippen molar-refractivity contribution in [1.82, 2.24) is 15.5 Å². The van der Waals surface area contributed by atoms with Crippen LogP contribution in [0.4, 0.5) is 5.69 Å². The molecule has 45 heavy (non-hydrogen) atoms. The summed E-state index contributed by atoms with van der Waals surface area (Å²) in [6, 6.07) is 17.3. The zero-order valence-corrected chi connectivity index (χ0v) is 26.6. The highest BCUT2D eigenvalue weighted by atomic mass is 16.2. The normalized spacial score (nSPS) is 21.9. The Morgan fingerprint density at radius 3 is 2.42 bits per heavy atom. The molecular weight excluding hydrogens is 566 g/mol. The SMILES string of the molecule is CC(C)(C)C[C@H](NC(=O)[C@H](CC1CC1)NC(=O)CCCCc1ccccc1)C(=O)N1C[C@]2(C[C@H]1C#N)C(=O)Nc1ccccc12. The first kappa shape index (κ1) is 32.2. The predicted molar refractivity (Wildman–Crippen MR) is 172 cm³/mol. The van der Waals surface area contributed by atoms with Gasteiger partial charge in [-0.25, -0.2) is 0 Å². The lowest BCUT2D eigenvalue weighted by Gasteiger charge is -2.32. The average molecular weight is 612 g/mol. The lowest BCUT2D eigenvalue weighted by molar-refractivity contribution is -0.138. The minimum Gasteiger partial charge on any atom is -0.344 e. The van der Waals surface area contributed by atoms with E-state index in [0.29, 0.717) is 37.3 Å². The Labute approximate surface area is 266 Å². The Bertz CT molecular complexity index is 1460. The molecule has 1 aliphatic carbocycles. The summed E-state index contributed by atoms with van der Waals surface area (Å²) >= 11 is 0. The number of nitrogens with one attached hydrogen (secondary N) is 3. The fourth-order valence-electron chi connectivity index (χ4n) is 6.72. The third-order valence-electron chi connectivity index (χ3n) is 9.23. The van der Waals surface area contributed by atoms with Crippen molar-refractivity contribution in [3.63, 3.8) is 0 Å². The second-order valence-corrected chi connectivity index (χ2v) is 14.2. The summed E-state index contributed by atoms with van der Waals surface area (Å²) in [5.41, 5.74) is 1.40. The summed E-state index contributed by atoms with van der Waals surface area (Å²) in [6.07, 6.45) is 5.91. The monoisotopic (exact) mass is 611 g/mol. The molecule has 0 radical (unpaired) electrons. The Balaban J connectivity index is 1.26. The van der Waals surface area contributed by atoms with Crippen LogP contribution in [0, 0.1) is 22.7 Å². The molecule has 1 saturated carbocycles. The highest BCUT2D eigenvalue weighted by Crippen LogP contribution is 2.46. The second kappa shape index (κ2) is 13.4. The van der Waals surface area contributed by atoms with E-state index in [1.807, 2.05) is 63.2 Å². The standard InChI is InChI=1S/C36H45N5O4/c1-35(2,3)21-30(33(44)41-23-36(20-26(41)22-37)27-14-8-9-15-28(27)40-34(36)45)39-32(43)29(19-25-17-18-25)38-31(42)16-10-7-13-24-11-5-4-6-12-24/h4-6,8-9,11-12,14-15,25-26,29-30H,7,10,13,16-21,23H2,1-3H3,(H,38,42)(H,39,43)(H,40,45)/t26-,29-,30-,36-/m0/s1. The van der Waals surface area contributed by atoms with Crippen LogP contribution in [0.2, 0.25) is 0 Å². The van der Waals surface area contributed by atoms with Gasteiger partial charge in [-0.05, 0) is 60.6 Å². The van der Waals surface area contributed by atoms with Crippen LogP contribution in [0.5, 0.6) is 0 Å². The Morgan fingerprint density at radius 1 is 1.02 bits per heavy atom. The van der Waals surface area contributed by atoms with Crippen LogP contribution < -0.4 is 16.0 Å². The number of hydrogen-bond donors (Lipinski definition) is 3. The number of nitriles is 1. The predicted octanol–water partition coefficient (Wildman–Crippen LogP) is 4.62. The number of carbonyl (C=O) groups excluding carboxylic acids is 4. The van der Waals surface area contributed by atoms with Gasteiger partial charge in [0.15, 0.2) is 0 Å². The van der Waals surface area contributed by atoms with Crippen LogP contribution in [0.1, 0.15) is 83.3 Å². The number of benzene rings is 2. The summed E-state index contributed by atoms with van der Waals surface area (Å²) in [5.74, 6) is -0.769. The highest BCUT2D eigenvalue weighted by Gasteiger charge is 2.56. The summed E-state index contributed by atoms with van der Waals surface area (Å²) in [5, 5.41) is 19.0. The van der Waals surface area contributed by atoms with Crippen molar-refractivity contribution in [3.8, 4) is 6.07 Å². The maximum absolute atomic E-state index is 14.2. The lowest BCUT2D eigenvalue weighted by atomic mass is 9.80. The Kier molecular flexibility index (Phi) is 9.62. The molecule has 5 rings (SSSR count). The largest absolute Gasteiger partial charge is 0.344 e. The van der Waals surface area contributed by atoms with Crippen LogP contribution in [0.25, 0.3) is 0 Å². The zero-order chi connectivity index (χ0) is 32.2. The fourth-order valence-corrected chi connectivity index (χ4v) is 6.72. The summed E-state index contributed by atoms with van der Waals surface area (Å²) in [7, 11) is 0. The van der Waals surface area contributed by atoms with E-state index in [1.54, 1.807) is 0 Å². The van der Waals surface area contributed by atoms with Gasteiger partial charge in [0.25, 0.3) is 0 Å². The van der Waals surface area contributed by atoms with Gasteiger partial charge in [0.2, 0.25) is 23.6 Å². The van der Waals surface area contributed by atoms with Gasteiger partial charge in [-0.15, -0.1) is 0 Å². The number of aryl methyl sites for hydroxylation is 1. The molecule has 4 amide bonds. The molecule has 2 heterocycles. The van der Waals surface area contributed by atoms with E-state index in [1.165, 1.54) is 10.5 Å². The molecule has 238 valence electrons. The number of para-hydroxylation sites is 1. The van der Waals surface area contributed by atoms with Gasteiger partial charge in [-0.2, -0.15) is 5.26 Å². The molecule has 4 atom stereocenters. The Morgan fingerprint density at radius 2 is 1.73 bits per heavy atom. The van der Waals surface area contributed by atoms with Crippen LogP contribution in [0.3, 0.4) is 0 Å². The molecule has 1 saturated heterocycles. The summed E-state index contributed by atoms with van der Waals surface area (Å²) < 4.78 is 0. The molecule has 2 aromatic carbocycles. The van der Waals surface area contributed by atoms with Gasteiger partial charge in [0.05, 0.1) is 11.5 Å². The number of likely N-dealkylation sites (tertiary alicyclic amines) is 1. The fraction of sp³-hybridized carbons (Fsp3) is 0.528. The Hall–Kier alpha value is -4.19. The molecule has 3 aliphatic rings. The van der Waals surface area contributed by atoms with Crippen LogP contribution >= 0.6 is 0 Å².